The minimum Gasteiger partial charge on any atom is -0.381 e. The van der Waals surface area contributed by atoms with Gasteiger partial charge in [0, 0.05) is 37.5 Å². The SMILES string of the molecule is CN1Cc2c(cnn2C2CCOCC2)-c2cccc([N+](=O)[O-])c21. The van der Waals surface area contributed by atoms with E-state index in [1.165, 1.54) is 0 Å². The van der Waals surface area contributed by atoms with Gasteiger partial charge in [0.25, 0.3) is 5.69 Å². The van der Waals surface area contributed by atoms with Crippen molar-refractivity contribution in [1.82, 2.24) is 9.78 Å². The monoisotopic (exact) mass is 314 g/mol. The fraction of sp³-hybridized carbons (Fsp3) is 0.438. The first-order chi connectivity index (χ1) is 11.2. The Morgan fingerprint density at radius 1 is 1.30 bits per heavy atom. The van der Waals surface area contributed by atoms with Crippen molar-refractivity contribution in [2.75, 3.05) is 25.2 Å². The molecule has 7 heteroatoms. The van der Waals surface area contributed by atoms with Crippen molar-refractivity contribution in [3.8, 4) is 11.1 Å². The first-order valence-corrected chi connectivity index (χ1v) is 7.80. The van der Waals surface area contributed by atoms with Crippen LogP contribution in [0.4, 0.5) is 11.4 Å². The number of hydrogen-bond donors (Lipinski definition) is 0. The summed E-state index contributed by atoms with van der Waals surface area (Å²) >= 11 is 0. The average molecular weight is 314 g/mol. The lowest BCUT2D eigenvalue weighted by molar-refractivity contribution is -0.384. The van der Waals surface area contributed by atoms with E-state index in [1.54, 1.807) is 12.1 Å². The summed E-state index contributed by atoms with van der Waals surface area (Å²) in [5, 5.41) is 15.9. The van der Waals surface area contributed by atoms with Crippen LogP contribution in [-0.2, 0) is 11.3 Å². The van der Waals surface area contributed by atoms with Gasteiger partial charge in [-0.05, 0) is 12.8 Å². The minimum absolute atomic E-state index is 0.148. The molecule has 0 amide bonds. The summed E-state index contributed by atoms with van der Waals surface area (Å²) in [6, 6.07) is 5.59. The predicted octanol–water partition coefficient (Wildman–Crippen LogP) is 2.76. The Hall–Kier alpha value is -2.41. The fourth-order valence-electron chi connectivity index (χ4n) is 3.62. The Morgan fingerprint density at radius 3 is 2.83 bits per heavy atom. The normalized spacial score (nSPS) is 17.7. The Kier molecular flexibility index (Phi) is 3.30. The third-order valence-corrected chi connectivity index (χ3v) is 4.71. The van der Waals surface area contributed by atoms with Crippen molar-refractivity contribution < 1.29 is 9.66 Å². The Morgan fingerprint density at radius 2 is 2.09 bits per heavy atom. The summed E-state index contributed by atoms with van der Waals surface area (Å²) in [6.07, 6.45) is 3.76. The average Bonchev–Trinajstić information content (AvgIpc) is 2.99. The van der Waals surface area contributed by atoms with Crippen LogP contribution in [0.3, 0.4) is 0 Å². The van der Waals surface area contributed by atoms with E-state index in [-0.39, 0.29) is 10.6 Å². The van der Waals surface area contributed by atoms with Crippen molar-refractivity contribution in [3.05, 3.63) is 40.2 Å². The van der Waals surface area contributed by atoms with E-state index in [2.05, 4.69) is 9.78 Å². The van der Waals surface area contributed by atoms with Crippen LogP contribution in [0.1, 0.15) is 24.6 Å². The molecule has 1 aromatic heterocycles. The molecular formula is C16H18N4O3. The summed E-state index contributed by atoms with van der Waals surface area (Å²) in [7, 11) is 1.90. The molecule has 0 atom stereocenters. The van der Waals surface area contributed by atoms with Gasteiger partial charge < -0.3 is 9.64 Å². The molecule has 1 saturated heterocycles. The second-order valence-electron chi connectivity index (χ2n) is 6.08. The van der Waals surface area contributed by atoms with E-state index < -0.39 is 0 Å². The third kappa shape index (κ3) is 2.19. The summed E-state index contributed by atoms with van der Waals surface area (Å²) in [5.74, 6) is 0. The first kappa shape index (κ1) is 14.2. The smallest absolute Gasteiger partial charge is 0.293 e. The molecule has 1 fully saturated rings. The summed E-state index contributed by atoms with van der Waals surface area (Å²) in [5.41, 5.74) is 3.85. The maximum Gasteiger partial charge on any atom is 0.293 e. The van der Waals surface area contributed by atoms with Crippen LogP contribution in [0.25, 0.3) is 11.1 Å². The minimum atomic E-state index is -0.316. The lowest BCUT2D eigenvalue weighted by Crippen LogP contribution is -2.28. The van der Waals surface area contributed by atoms with Gasteiger partial charge in [-0.2, -0.15) is 5.10 Å². The molecule has 0 bridgehead atoms. The second kappa shape index (κ2) is 5.34. The van der Waals surface area contributed by atoms with E-state index >= 15 is 0 Å². The Balaban J connectivity index is 1.83. The third-order valence-electron chi connectivity index (χ3n) is 4.71. The molecule has 0 radical (unpaired) electrons. The van der Waals surface area contributed by atoms with Crippen LogP contribution in [0.5, 0.6) is 0 Å². The highest BCUT2D eigenvalue weighted by Crippen LogP contribution is 2.44. The highest BCUT2D eigenvalue weighted by molar-refractivity contribution is 5.88. The highest BCUT2D eigenvalue weighted by Gasteiger charge is 2.31. The zero-order chi connectivity index (χ0) is 16.0. The fourth-order valence-corrected chi connectivity index (χ4v) is 3.62. The van der Waals surface area contributed by atoms with Crippen molar-refractivity contribution >= 4 is 11.4 Å². The van der Waals surface area contributed by atoms with Crippen molar-refractivity contribution in [3.63, 3.8) is 0 Å². The van der Waals surface area contributed by atoms with Crippen molar-refractivity contribution in [1.29, 1.82) is 0 Å². The molecule has 23 heavy (non-hydrogen) atoms. The molecule has 2 aromatic rings. The first-order valence-electron chi connectivity index (χ1n) is 7.80. The number of aromatic nitrogens is 2. The predicted molar refractivity (Wildman–Crippen MR) is 85.5 cm³/mol. The number of nitro groups is 1. The second-order valence-corrected chi connectivity index (χ2v) is 6.08. The van der Waals surface area contributed by atoms with Crippen LogP contribution < -0.4 is 4.90 Å². The number of para-hydroxylation sites is 1. The van der Waals surface area contributed by atoms with Crippen LogP contribution in [0.15, 0.2) is 24.4 Å². The van der Waals surface area contributed by atoms with E-state index in [9.17, 15) is 10.1 Å². The van der Waals surface area contributed by atoms with E-state index in [0.29, 0.717) is 18.3 Å². The van der Waals surface area contributed by atoms with Gasteiger partial charge in [0.05, 0.1) is 29.4 Å². The standard InChI is InChI=1S/C16H18N4O3/c1-18-10-15-13(9-17-19(15)11-5-7-23-8-6-11)12-3-2-4-14(16(12)18)20(21)22/h2-4,9,11H,5-8,10H2,1H3. The molecule has 4 rings (SSSR count). The van der Waals surface area contributed by atoms with Crippen LogP contribution >= 0.6 is 0 Å². The van der Waals surface area contributed by atoms with Gasteiger partial charge in [-0.15, -0.1) is 0 Å². The van der Waals surface area contributed by atoms with E-state index in [4.69, 9.17) is 4.74 Å². The molecule has 1 aromatic carbocycles. The maximum atomic E-state index is 11.3. The van der Waals surface area contributed by atoms with Gasteiger partial charge in [0.2, 0.25) is 0 Å². The number of anilines is 1. The largest absolute Gasteiger partial charge is 0.381 e. The van der Waals surface area contributed by atoms with Gasteiger partial charge in [-0.1, -0.05) is 12.1 Å². The van der Waals surface area contributed by atoms with Crippen LogP contribution in [-0.4, -0.2) is 35.0 Å². The van der Waals surface area contributed by atoms with Gasteiger partial charge >= 0.3 is 0 Å². The van der Waals surface area contributed by atoms with Crippen molar-refractivity contribution in [2.45, 2.75) is 25.4 Å². The molecule has 3 heterocycles. The number of nitrogens with zero attached hydrogens (tertiary/aromatic N) is 4. The van der Waals surface area contributed by atoms with Crippen LogP contribution in [0.2, 0.25) is 0 Å². The zero-order valence-corrected chi connectivity index (χ0v) is 12.9. The highest BCUT2D eigenvalue weighted by atomic mass is 16.6. The van der Waals surface area contributed by atoms with Gasteiger partial charge in [0.1, 0.15) is 5.69 Å². The molecule has 0 N–H and O–H groups in total. The molecule has 0 unspecified atom stereocenters. The topological polar surface area (TPSA) is 73.4 Å². The van der Waals surface area contributed by atoms with Gasteiger partial charge in [-0.3, -0.25) is 14.8 Å². The maximum absolute atomic E-state index is 11.3. The quantitative estimate of drug-likeness (QED) is 0.629. The van der Waals surface area contributed by atoms with E-state index in [1.807, 2.05) is 24.2 Å². The number of ether oxygens (including phenoxy) is 1. The number of fused-ring (bicyclic) bond motifs is 3. The number of rotatable bonds is 2. The number of benzene rings is 1. The summed E-state index contributed by atoms with van der Waals surface area (Å²) in [6.45, 7) is 2.15. The zero-order valence-electron chi connectivity index (χ0n) is 12.9. The molecule has 2 aliphatic heterocycles. The molecule has 7 nitrogen and oxygen atoms in total. The molecule has 0 aliphatic carbocycles. The van der Waals surface area contributed by atoms with Gasteiger partial charge in [-0.25, -0.2) is 0 Å². The number of hydrogen-bond acceptors (Lipinski definition) is 5. The van der Waals surface area contributed by atoms with E-state index in [0.717, 1.165) is 42.9 Å². The van der Waals surface area contributed by atoms with Crippen LogP contribution in [0, 0.1) is 10.1 Å². The number of nitro benzene ring substituents is 1. The summed E-state index contributed by atoms with van der Waals surface area (Å²) in [4.78, 5) is 13.0. The Bertz CT molecular complexity index is 765. The lowest BCUT2D eigenvalue weighted by atomic mass is 9.97. The van der Waals surface area contributed by atoms with Crippen molar-refractivity contribution in [2.24, 2.45) is 0 Å². The summed E-state index contributed by atoms with van der Waals surface area (Å²) < 4.78 is 7.53. The molecule has 120 valence electrons. The molecule has 2 aliphatic rings. The molecule has 0 spiro atoms. The van der Waals surface area contributed by atoms with Gasteiger partial charge in [0.15, 0.2) is 0 Å². The molecule has 0 saturated carbocycles. The Labute approximate surface area is 133 Å². The molecular weight excluding hydrogens is 296 g/mol. The lowest BCUT2D eigenvalue weighted by Gasteiger charge is -2.30.